The van der Waals surface area contributed by atoms with Crippen molar-refractivity contribution in [3.63, 3.8) is 0 Å². The molecule has 3 rings (SSSR count). The van der Waals surface area contributed by atoms with Crippen molar-refractivity contribution in [2.75, 3.05) is 0 Å². The van der Waals surface area contributed by atoms with E-state index in [1.807, 2.05) is 13.0 Å². The summed E-state index contributed by atoms with van der Waals surface area (Å²) in [5.41, 5.74) is 4.75. The monoisotopic (exact) mass is 326 g/mol. The van der Waals surface area contributed by atoms with Gasteiger partial charge in [-0.1, -0.05) is 52.0 Å². The van der Waals surface area contributed by atoms with E-state index in [0.717, 1.165) is 32.1 Å². The number of fused-ring (bicyclic) bond motifs is 3. The summed E-state index contributed by atoms with van der Waals surface area (Å²) in [7, 11) is 0. The molecule has 0 aromatic heterocycles. The van der Waals surface area contributed by atoms with Crippen molar-refractivity contribution >= 4 is 12.0 Å². The molecule has 0 spiro atoms. The number of hydrogen-bond donors (Lipinski definition) is 1. The number of hydrogen-bond acceptors (Lipinski definition) is 1. The lowest BCUT2D eigenvalue weighted by Crippen LogP contribution is -2.52. The average Bonchev–Trinajstić information content (AvgIpc) is 2.53. The van der Waals surface area contributed by atoms with Crippen LogP contribution in [0.5, 0.6) is 0 Å². The van der Waals surface area contributed by atoms with Gasteiger partial charge in [-0.25, -0.2) is 0 Å². The maximum absolute atomic E-state index is 12.0. The minimum absolute atomic E-state index is 0.0355. The van der Waals surface area contributed by atoms with Crippen LogP contribution in [0.3, 0.4) is 0 Å². The topological polar surface area (TPSA) is 37.3 Å². The van der Waals surface area contributed by atoms with Crippen LogP contribution in [0.4, 0.5) is 0 Å². The fourth-order valence-electron chi connectivity index (χ4n) is 5.49. The van der Waals surface area contributed by atoms with E-state index in [-0.39, 0.29) is 11.3 Å². The molecular weight excluding hydrogens is 296 g/mol. The third-order valence-corrected chi connectivity index (χ3v) is 6.89. The van der Waals surface area contributed by atoms with Gasteiger partial charge >= 0.3 is 5.97 Å². The molecule has 1 saturated carbocycles. The Morgan fingerprint density at radius 1 is 1.33 bits per heavy atom. The smallest absolute Gasteiger partial charge is 0.309 e. The van der Waals surface area contributed by atoms with Gasteiger partial charge in [0.2, 0.25) is 0 Å². The predicted octanol–water partition coefficient (Wildman–Crippen LogP) is 5.55. The summed E-state index contributed by atoms with van der Waals surface area (Å²) in [6.07, 6.45) is 6.82. The second kappa shape index (κ2) is 5.75. The molecule has 0 radical (unpaired) electrons. The van der Waals surface area contributed by atoms with E-state index in [1.54, 1.807) is 0 Å². The third kappa shape index (κ3) is 2.34. The molecular formula is C22H30O2. The van der Waals surface area contributed by atoms with Gasteiger partial charge in [-0.2, -0.15) is 0 Å². The highest BCUT2D eigenvalue weighted by molar-refractivity contribution is 5.75. The van der Waals surface area contributed by atoms with Gasteiger partial charge in [-0.3, -0.25) is 4.79 Å². The van der Waals surface area contributed by atoms with Gasteiger partial charge in [0, 0.05) is 0 Å². The summed E-state index contributed by atoms with van der Waals surface area (Å²) in [6, 6.07) is 4.68. The minimum Gasteiger partial charge on any atom is -0.481 e. The molecule has 0 heterocycles. The maximum Gasteiger partial charge on any atom is 0.309 e. The van der Waals surface area contributed by atoms with E-state index in [9.17, 15) is 9.90 Å². The second-order valence-electron chi connectivity index (χ2n) is 8.58. The fraction of sp³-hybridized carbons (Fsp3) is 0.591. The van der Waals surface area contributed by atoms with Crippen molar-refractivity contribution in [2.45, 2.75) is 71.1 Å². The lowest BCUT2D eigenvalue weighted by atomic mass is 9.49. The van der Waals surface area contributed by atoms with Crippen molar-refractivity contribution in [3.8, 4) is 0 Å². The predicted molar refractivity (Wildman–Crippen MR) is 99.4 cm³/mol. The Bertz CT molecular complexity index is 687. The van der Waals surface area contributed by atoms with Crippen LogP contribution in [-0.2, 0) is 16.6 Å². The quantitative estimate of drug-likeness (QED) is 0.791. The van der Waals surface area contributed by atoms with Crippen LogP contribution in [0.25, 0.3) is 6.08 Å². The van der Waals surface area contributed by atoms with Gasteiger partial charge in [0.15, 0.2) is 0 Å². The fourth-order valence-corrected chi connectivity index (χ4v) is 5.49. The molecule has 0 saturated heterocycles. The van der Waals surface area contributed by atoms with Crippen LogP contribution in [0.1, 0.15) is 81.5 Å². The van der Waals surface area contributed by atoms with Crippen LogP contribution < -0.4 is 0 Å². The minimum atomic E-state index is -0.621. The summed E-state index contributed by atoms with van der Waals surface area (Å²) < 4.78 is 0. The molecule has 130 valence electrons. The highest BCUT2D eigenvalue weighted by Crippen LogP contribution is 2.57. The normalized spacial score (nSPS) is 32.1. The van der Waals surface area contributed by atoms with E-state index in [2.05, 4.69) is 39.5 Å². The van der Waals surface area contributed by atoms with Crippen molar-refractivity contribution < 1.29 is 9.90 Å². The molecule has 0 aliphatic heterocycles. The van der Waals surface area contributed by atoms with Gasteiger partial charge < -0.3 is 5.11 Å². The summed E-state index contributed by atoms with van der Waals surface area (Å²) in [5, 5.41) is 9.90. The highest BCUT2D eigenvalue weighted by Gasteiger charge is 2.55. The molecule has 1 aromatic carbocycles. The van der Waals surface area contributed by atoms with Crippen LogP contribution >= 0.6 is 0 Å². The SMILES string of the molecule is C=Cc1cc2c(cc1C(C)C)CCC1[C@](C)(C(=O)O)CCC[C@]21C. The third-order valence-electron chi connectivity index (χ3n) is 6.89. The van der Waals surface area contributed by atoms with Gasteiger partial charge in [0.1, 0.15) is 0 Å². The molecule has 1 fully saturated rings. The summed E-state index contributed by atoms with van der Waals surface area (Å²) in [4.78, 5) is 12.0. The molecule has 1 aromatic rings. The van der Waals surface area contributed by atoms with E-state index in [4.69, 9.17) is 0 Å². The number of carboxylic acid groups (broad SMARTS) is 1. The number of carboxylic acids is 1. The summed E-state index contributed by atoms with van der Waals surface area (Å²) in [6.45, 7) is 12.7. The molecule has 2 nitrogen and oxygen atoms in total. The Labute approximate surface area is 146 Å². The summed E-state index contributed by atoms with van der Waals surface area (Å²) >= 11 is 0. The van der Waals surface area contributed by atoms with Crippen LogP contribution in [-0.4, -0.2) is 11.1 Å². The average molecular weight is 326 g/mol. The first-order chi connectivity index (χ1) is 11.2. The first-order valence-electron chi connectivity index (χ1n) is 9.27. The molecule has 0 bridgehead atoms. The summed E-state index contributed by atoms with van der Waals surface area (Å²) in [5.74, 6) is 0.0698. The largest absolute Gasteiger partial charge is 0.481 e. The number of aliphatic carboxylic acids is 1. The number of rotatable bonds is 3. The Hall–Kier alpha value is -1.57. The van der Waals surface area contributed by atoms with Crippen molar-refractivity contribution in [2.24, 2.45) is 11.3 Å². The number of carbonyl (C=O) groups is 1. The molecule has 3 atom stereocenters. The molecule has 24 heavy (non-hydrogen) atoms. The van der Waals surface area contributed by atoms with Crippen molar-refractivity contribution in [3.05, 3.63) is 41.0 Å². The van der Waals surface area contributed by atoms with E-state index >= 15 is 0 Å². The molecule has 2 aliphatic rings. The van der Waals surface area contributed by atoms with E-state index in [0.29, 0.717) is 5.92 Å². The van der Waals surface area contributed by atoms with Gasteiger partial charge in [0.25, 0.3) is 0 Å². The Kier molecular flexibility index (Phi) is 4.14. The molecule has 1 unspecified atom stereocenters. The zero-order valence-corrected chi connectivity index (χ0v) is 15.5. The molecule has 2 aliphatic carbocycles. The zero-order chi connectivity index (χ0) is 17.7. The number of benzene rings is 1. The molecule has 0 amide bonds. The van der Waals surface area contributed by atoms with Gasteiger partial charge in [0.05, 0.1) is 5.41 Å². The Morgan fingerprint density at radius 2 is 2.04 bits per heavy atom. The van der Waals surface area contributed by atoms with Crippen LogP contribution in [0.15, 0.2) is 18.7 Å². The van der Waals surface area contributed by atoms with Crippen molar-refractivity contribution in [1.82, 2.24) is 0 Å². The second-order valence-corrected chi connectivity index (χ2v) is 8.58. The molecule has 2 heteroatoms. The molecule has 1 N–H and O–H groups in total. The maximum atomic E-state index is 12.0. The Balaban J connectivity index is 2.16. The van der Waals surface area contributed by atoms with E-state index < -0.39 is 11.4 Å². The zero-order valence-electron chi connectivity index (χ0n) is 15.5. The number of aryl methyl sites for hydroxylation is 1. The lowest BCUT2D eigenvalue weighted by molar-refractivity contribution is -0.157. The standard InChI is InChI=1S/C22H30O2/c1-6-15-13-18-16(12-17(15)14(2)3)8-9-19-21(18,4)10-7-11-22(19,5)20(23)24/h6,12-14,19H,1,7-11H2,2-5H3,(H,23,24)/t19?,21-,22-/m1/s1. The highest BCUT2D eigenvalue weighted by atomic mass is 16.4. The van der Waals surface area contributed by atoms with Crippen LogP contribution in [0.2, 0.25) is 0 Å². The lowest BCUT2D eigenvalue weighted by Gasteiger charge is -2.53. The first-order valence-corrected chi connectivity index (χ1v) is 9.27. The van der Waals surface area contributed by atoms with E-state index in [1.165, 1.54) is 22.3 Å². The van der Waals surface area contributed by atoms with Crippen LogP contribution in [0, 0.1) is 11.3 Å². The van der Waals surface area contributed by atoms with Crippen molar-refractivity contribution in [1.29, 1.82) is 0 Å². The Morgan fingerprint density at radius 3 is 2.62 bits per heavy atom. The first kappa shape index (κ1) is 17.3. The van der Waals surface area contributed by atoms with Gasteiger partial charge in [-0.05, 0) is 72.1 Å². The van der Waals surface area contributed by atoms with Gasteiger partial charge in [-0.15, -0.1) is 0 Å².